The van der Waals surface area contributed by atoms with Gasteiger partial charge in [0, 0.05) is 5.69 Å². The third-order valence-electron chi connectivity index (χ3n) is 4.20. The molecule has 0 aromatic heterocycles. The predicted octanol–water partition coefficient (Wildman–Crippen LogP) is 2.96. The Labute approximate surface area is 182 Å². The monoisotopic (exact) mass is 449 g/mol. The van der Waals surface area contributed by atoms with Crippen LogP contribution in [0.2, 0.25) is 0 Å². The van der Waals surface area contributed by atoms with Crippen LogP contribution in [0.1, 0.15) is 19.4 Å². The summed E-state index contributed by atoms with van der Waals surface area (Å²) in [5.41, 5.74) is 1.34. The summed E-state index contributed by atoms with van der Waals surface area (Å²) in [5.74, 6) is -0.398. The molecule has 0 radical (unpaired) electrons. The van der Waals surface area contributed by atoms with Gasteiger partial charge in [0.1, 0.15) is 18.4 Å². The van der Waals surface area contributed by atoms with Crippen LogP contribution in [0.4, 0.5) is 16.2 Å². The van der Waals surface area contributed by atoms with Crippen molar-refractivity contribution in [1.82, 2.24) is 5.32 Å². The molecule has 168 valence electrons. The van der Waals surface area contributed by atoms with Crippen molar-refractivity contribution in [3.05, 3.63) is 54.1 Å². The van der Waals surface area contributed by atoms with E-state index in [0.717, 1.165) is 11.8 Å². The molecule has 3 N–H and O–H groups in total. The number of anilines is 2. The maximum atomic E-state index is 12.8. The lowest BCUT2D eigenvalue weighted by atomic mass is 10.0. The SMILES string of the molecule is COc1ccc(NC(=O)[C@@H](NC(=O)OCc2ccccc2)C(C)C)cc1NS(C)(=O)=O. The van der Waals surface area contributed by atoms with E-state index in [-0.39, 0.29) is 18.2 Å². The molecule has 2 aromatic rings. The van der Waals surface area contributed by atoms with Crippen LogP contribution in [0.25, 0.3) is 0 Å². The number of alkyl carbamates (subject to hydrolysis) is 1. The molecule has 2 rings (SSSR count). The third kappa shape index (κ3) is 7.82. The quantitative estimate of drug-likeness (QED) is 0.541. The molecular formula is C21H27N3O6S. The number of methoxy groups -OCH3 is 1. The fourth-order valence-electron chi connectivity index (χ4n) is 2.71. The highest BCUT2D eigenvalue weighted by Gasteiger charge is 2.25. The van der Waals surface area contributed by atoms with Gasteiger partial charge in [-0.1, -0.05) is 44.2 Å². The number of hydrogen-bond donors (Lipinski definition) is 3. The largest absolute Gasteiger partial charge is 0.495 e. The standard InChI is InChI=1S/C21H27N3O6S/c1-14(2)19(23-21(26)30-13-15-8-6-5-7-9-15)20(25)22-16-10-11-18(29-3)17(12-16)24-31(4,27)28/h5-12,14,19,24H,13H2,1-4H3,(H,22,25)(H,23,26)/t19-/m0/s1. The first-order valence-electron chi connectivity index (χ1n) is 9.53. The highest BCUT2D eigenvalue weighted by Crippen LogP contribution is 2.28. The number of sulfonamides is 1. The van der Waals surface area contributed by atoms with Crippen LogP contribution < -0.4 is 20.1 Å². The van der Waals surface area contributed by atoms with Gasteiger partial charge >= 0.3 is 6.09 Å². The molecule has 0 aliphatic rings. The van der Waals surface area contributed by atoms with Gasteiger partial charge in [0.15, 0.2) is 0 Å². The Morgan fingerprint density at radius 2 is 1.74 bits per heavy atom. The van der Waals surface area contributed by atoms with Gasteiger partial charge in [-0.2, -0.15) is 0 Å². The highest BCUT2D eigenvalue weighted by atomic mass is 32.2. The smallest absolute Gasteiger partial charge is 0.408 e. The summed E-state index contributed by atoms with van der Waals surface area (Å²) in [5, 5.41) is 5.25. The maximum Gasteiger partial charge on any atom is 0.408 e. The number of ether oxygens (including phenoxy) is 2. The molecule has 0 saturated carbocycles. The van der Waals surface area contributed by atoms with Crippen molar-refractivity contribution in [2.24, 2.45) is 5.92 Å². The molecule has 0 bridgehead atoms. The summed E-state index contributed by atoms with van der Waals surface area (Å²) < 4.78 is 35.8. The second-order valence-corrected chi connectivity index (χ2v) is 8.95. The zero-order valence-electron chi connectivity index (χ0n) is 17.8. The average molecular weight is 450 g/mol. The molecule has 10 heteroatoms. The van der Waals surface area contributed by atoms with Crippen molar-refractivity contribution in [2.45, 2.75) is 26.5 Å². The van der Waals surface area contributed by atoms with E-state index in [1.165, 1.54) is 19.2 Å². The molecule has 31 heavy (non-hydrogen) atoms. The Hall–Kier alpha value is -3.27. The number of rotatable bonds is 9. The van der Waals surface area contributed by atoms with Gasteiger partial charge in [-0.25, -0.2) is 13.2 Å². The first-order valence-corrected chi connectivity index (χ1v) is 11.4. The van der Waals surface area contributed by atoms with E-state index in [4.69, 9.17) is 9.47 Å². The lowest BCUT2D eigenvalue weighted by molar-refractivity contribution is -0.119. The number of carbonyl (C=O) groups is 2. The summed E-state index contributed by atoms with van der Waals surface area (Å²) in [4.78, 5) is 24.9. The molecule has 0 aliphatic carbocycles. The minimum Gasteiger partial charge on any atom is -0.495 e. The van der Waals surface area contributed by atoms with E-state index in [1.807, 2.05) is 30.3 Å². The van der Waals surface area contributed by atoms with E-state index >= 15 is 0 Å². The Morgan fingerprint density at radius 1 is 1.06 bits per heavy atom. The van der Waals surface area contributed by atoms with E-state index in [2.05, 4.69) is 15.4 Å². The van der Waals surface area contributed by atoms with Crippen molar-refractivity contribution < 1.29 is 27.5 Å². The van der Waals surface area contributed by atoms with Gasteiger partial charge in [-0.05, 0) is 29.7 Å². The average Bonchev–Trinajstić information content (AvgIpc) is 2.70. The van der Waals surface area contributed by atoms with Crippen LogP contribution in [0.5, 0.6) is 5.75 Å². The van der Waals surface area contributed by atoms with Crippen LogP contribution in [0.3, 0.4) is 0 Å². The first-order chi connectivity index (χ1) is 14.6. The topological polar surface area (TPSA) is 123 Å². The Balaban J connectivity index is 2.06. The molecule has 0 heterocycles. The van der Waals surface area contributed by atoms with Crippen molar-refractivity contribution in [1.29, 1.82) is 0 Å². The zero-order chi connectivity index (χ0) is 23.0. The molecular weight excluding hydrogens is 422 g/mol. The van der Waals surface area contributed by atoms with Gasteiger partial charge in [-0.15, -0.1) is 0 Å². The summed E-state index contributed by atoms with van der Waals surface area (Å²) >= 11 is 0. The second kappa shape index (κ2) is 10.7. The van der Waals surface area contributed by atoms with Crippen molar-refractivity contribution in [3.8, 4) is 5.75 Å². The molecule has 0 aliphatic heterocycles. The Bertz CT molecular complexity index is 1010. The molecule has 0 unspecified atom stereocenters. The lowest BCUT2D eigenvalue weighted by Gasteiger charge is -2.22. The van der Waals surface area contributed by atoms with Crippen molar-refractivity contribution in [3.63, 3.8) is 0 Å². The van der Waals surface area contributed by atoms with Gasteiger partial charge in [0.05, 0.1) is 19.1 Å². The minimum atomic E-state index is -3.55. The molecule has 0 fully saturated rings. The van der Waals surface area contributed by atoms with E-state index in [9.17, 15) is 18.0 Å². The maximum absolute atomic E-state index is 12.8. The van der Waals surface area contributed by atoms with Crippen LogP contribution in [-0.4, -0.2) is 39.8 Å². The molecule has 0 spiro atoms. The Kier molecular flexibility index (Phi) is 8.26. The number of hydrogen-bond acceptors (Lipinski definition) is 6. The van der Waals surface area contributed by atoms with Gasteiger partial charge in [0.25, 0.3) is 0 Å². The zero-order valence-corrected chi connectivity index (χ0v) is 18.7. The van der Waals surface area contributed by atoms with E-state index in [0.29, 0.717) is 11.4 Å². The molecule has 2 aromatic carbocycles. The van der Waals surface area contributed by atoms with Crippen LogP contribution >= 0.6 is 0 Å². The Morgan fingerprint density at radius 3 is 2.32 bits per heavy atom. The minimum absolute atomic E-state index is 0.0815. The number of amides is 2. The lowest BCUT2D eigenvalue weighted by Crippen LogP contribution is -2.47. The number of carbonyl (C=O) groups excluding carboxylic acids is 2. The highest BCUT2D eigenvalue weighted by molar-refractivity contribution is 7.92. The van der Waals surface area contributed by atoms with E-state index < -0.39 is 28.1 Å². The molecule has 2 amide bonds. The van der Waals surface area contributed by atoms with Crippen molar-refractivity contribution in [2.75, 3.05) is 23.4 Å². The fraction of sp³-hybridized carbons (Fsp3) is 0.333. The van der Waals surface area contributed by atoms with Gasteiger partial charge in [-0.3, -0.25) is 9.52 Å². The summed E-state index contributed by atoms with van der Waals surface area (Å²) in [7, 11) is -2.14. The number of nitrogens with one attached hydrogen (secondary N) is 3. The van der Waals surface area contributed by atoms with E-state index in [1.54, 1.807) is 19.9 Å². The summed E-state index contributed by atoms with van der Waals surface area (Å²) in [6, 6.07) is 12.8. The molecule has 0 saturated heterocycles. The summed E-state index contributed by atoms with van der Waals surface area (Å²) in [6.45, 7) is 3.65. The normalized spacial score (nSPS) is 12.0. The van der Waals surface area contributed by atoms with Gasteiger partial charge < -0.3 is 20.1 Å². The predicted molar refractivity (Wildman–Crippen MR) is 118 cm³/mol. The second-order valence-electron chi connectivity index (χ2n) is 7.21. The van der Waals surface area contributed by atoms with Gasteiger partial charge in [0.2, 0.25) is 15.9 Å². The first kappa shape index (κ1) is 24.0. The molecule has 1 atom stereocenters. The van der Waals surface area contributed by atoms with Crippen LogP contribution in [0.15, 0.2) is 48.5 Å². The fourth-order valence-corrected chi connectivity index (χ4v) is 3.27. The molecule has 9 nitrogen and oxygen atoms in total. The van der Waals surface area contributed by atoms with Crippen LogP contribution in [-0.2, 0) is 26.2 Å². The summed E-state index contributed by atoms with van der Waals surface area (Å²) in [6.07, 6.45) is 0.296. The van der Waals surface area contributed by atoms with Crippen LogP contribution in [0, 0.1) is 5.92 Å². The van der Waals surface area contributed by atoms with Crippen molar-refractivity contribution >= 4 is 33.4 Å². The third-order valence-corrected chi connectivity index (χ3v) is 4.79. The number of benzene rings is 2.